The van der Waals surface area contributed by atoms with Crippen LogP contribution in [0, 0.1) is 5.92 Å². The zero-order chi connectivity index (χ0) is 18.2. The van der Waals surface area contributed by atoms with Crippen LogP contribution >= 0.6 is 0 Å². The van der Waals surface area contributed by atoms with Crippen LogP contribution in [0.4, 0.5) is 0 Å². The van der Waals surface area contributed by atoms with E-state index >= 15 is 0 Å². The van der Waals surface area contributed by atoms with Crippen molar-refractivity contribution in [1.29, 1.82) is 0 Å². The van der Waals surface area contributed by atoms with Gasteiger partial charge in [-0.1, -0.05) is 49.4 Å². The standard InChI is InChI=1S/C22H33N3O/c1-20-7-5-13-24(19-20)14-11-22(26)25-17-15-23(16-18-25)12-6-10-21-8-3-2-4-9-21/h2-4,6,8-10,20H,5,7,11-19H2,1H3/b10-6+. The largest absolute Gasteiger partial charge is 0.340 e. The van der Waals surface area contributed by atoms with Gasteiger partial charge in [-0.3, -0.25) is 9.69 Å². The summed E-state index contributed by atoms with van der Waals surface area (Å²) >= 11 is 0. The fourth-order valence-electron chi connectivity index (χ4n) is 3.98. The fourth-order valence-corrected chi connectivity index (χ4v) is 3.98. The van der Waals surface area contributed by atoms with E-state index in [4.69, 9.17) is 0 Å². The van der Waals surface area contributed by atoms with Gasteiger partial charge in [0.1, 0.15) is 0 Å². The molecule has 4 heteroatoms. The van der Waals surface area contributed by atoms with Gasteiger partial charge in [0, 0.05) is 52.2 Å². The summed E-state index contributed by atoms with van der Waals surface area (Å²) in [6.07, 6.45) is 7.71. The topological polar surface area (TPSA) is 26.8 Å². The Morgan fingerprint density at radius 2 is 1.85 bits per heavy atom. The number of benzene rings is 1. The molecule has 26 heavy (non-hydrogen) atoms. The van der Waals surface area contributed by atoms with E-state index in [9.17, 15) is 4.79 Å². The van der Waals surface area contributed by atoms with E-state index in [0.29, 0.717) is 12.3 Å². The Morgan fingerprint density at radius 3 is 2.58 bits per heavy atom. The number of likely N-dealkylation sites (tertiary alicyclic amines) is 1. The summed E-state index contributed by atoms with van der Waals surface area (Å²) in [7, 11) is 0. The molecule has 0 aromatic heterocycles. The summed E-state index contributed by atoms with van der Waals surface area (Å²) < 4.78 is 0. The Kier molecular flexibility index (Phi) is 7.27. The van der Waals surface area contributed by atoms with Crippen molar-refractivity contribution >= 4 is 12.0 Å². The predicted octanol–water partition coefficient (Wildman–Crippen LogP) is 2.97. The van der Waals surface area contributed by atoms with Gasteiger partial charge in [-0.2, -0.15) is 0 Å². The fraction of sp³-hybridized carbons (Fsp3) is 0.591. The van der Waals surface area contributed by atoms with Crippen molar-refractivity contribution in [3.05, 3.63) is 42.0 Å². The maximum Gasteiger partial charge on any atom is 0.223 e. The number of amides is 1. The first-order valence-electron chi connectivity index (χ1n) is 10.1. The van der Waals surface area contributed by atoms with Crippen molar-refractivity contribution in [3.8, 4) is 0 Å². The SMILES string of the molecule is CC1CCCN(CCC(=O)N2CCN(C/C=C/c3ccccc3)CC2)C1. The monoisotopic (exact) mass is 355 g/mol. The van der Waals surface area contributed by atoms with Crippen molar-refractivity contribution in [3.63, 3.8) is 0 Å². The van der Waals surface area contributed by atoms with Crippen molar-refractivity contribution < 1.29 is 4.79 Å². The molecule has 0 bridgehead atoms. The first-order chi connectivity index (χ1) is 12.7. The van der Waals surface area contributed by atoms with Crippen LogP contribution in [-0.2, 0) is 4.79 Å². The Balaban J connectivity index is 1.34. The molecule has 2 aliphatic heterocycles. The lowest BCUT2D eigenvalue weighted by Gasteiger charge is -2.35. The minimum absolute atomic E-state index is 0.336. The molecular weight excluding hydrogens is 322 g/mol. The van der Waals surface area contributed by atoms with Crippen molar-refractivity contribution in [2.24, 2.45) is 5.92 Å². The van der Waals surface area contributed by atoms with E-state index < -0.39 is 0 Å². The molecule has 2 fully saturated rings. The number of piperidine rings is 1. The van der Waals surface area contributed by atoms with Gasteiger partial charge in [0.05, 0.1) is 0 Å². The van der Waals surface area contributed by atoms with Crippen LogP contribution in [0.3, 0.4) is 0 Å². The molecule has 0 radical (unpaired) electrons. The number of hydrogen-bond donors (Lipinski definition) is 0. The minimum atomic E-state index is 0.336. The third-order valence-corrected chi connectivity index (χ3v) is 5.58. The molecular formula is C22H33N3O. The molecule has 3 rings (SSSR count). The number of carbonyl (C=O) groups excluding carboxylic acids is 1. The molecule has 1 aromatic rings. The van der Waals surface area contributed by atoms with Gasteiger partial charge in [0.15, 0.2) is 0 Å². The van der Waals surface area contributed by atoms with Crippen LogP contribution < -0.4 is 0 Å². The Bertz CT molecular complexity index is 578. The highest BCUT2D eigenvalue weighted by atomic mass is 16.2. The molecule has 2 heterocycles. The molecule has 2 aliphatic rings. The van der Waals surface area contributed by atoms with Crippen molar-refractivity contribution in [2.75, 3.05) is 52.4 Å². The second-order valence-electron chi connectivity index (χ2n) is 7.79. The lowest BCUT2D eigenvalue weighted by Crippen LogP contribution is -2.49. The van der Waals surface area contributed by atoms with Gasteiger partial charge < -0.3 is 9.80 Å². The average Bonchev–Trinajstić information content (AvgIpc) is 2.68. The number of carbonyl (C=O) groups is 1. The Labute approximate surface area is 158 Å². The number of rotatable bonds is 6. The lowest BCUT2D eigenvalue weighted by atomic mass is 10.0. The predicted molar refractivity (Wildman–Crippen MR) is 108 cm³/mol. The molecule has 1 amide bonds. The maximum absolute atomic E-state index is 12.5. The molecule has 0 spiro atoms. The second kappa shape index (κ2) is 9.89. The summed E-state index contributed by atoms with van der Waals surface area (Å²) in [6.45, 7) is 10.2. The zero-order valence-corrected chi connectivity index (χ0v) is 16.1. The summed E-state index contributed by atoms with van der Waals surface area (Å²) in [5, 5.41) is 0. The molecule has 1 atom stereocenters. The Hall–Kier alpha value is -1.65. The first-order valence-corrected chi connectivity index (χ1v) is 10.1. The Morgan fingerprint density at radius 1 is 1.08 bits per heavy atom. The van der Waals surface area contributed by atoms with Crippen LogP contribution in [0.2, 0.25) is 0 Å². The molecule has 0 aliphatic carbocycles. The molecule has 2 saturated heterocycles. The van der Waals surface area contributed by atoms with E-state index in [2.05, 4.69) is 58.0 Å². The molecule has 0 saturated carbocycles. The molecule has 1 unspecified atom stereocenters. The van der Waals surface area contributed by atoms with E-state index in [1.165, 1.54) is 24.9 Å². The lowest BCUT2D eigenvalue weighted by molar-refractivity contribution is -0.133. The van der Waals surface area contributed by atoms with Crippen LogP contribution in [0.1, 0.15) is 31.7 Å². The summed E-state index contributed by atoms with van der Waals surface area (Å²) in [5.41, 5.74) is 1.24. The highest BCUT2D eigenvalue weighted by Gasteiger charge is 2.22. The number of hydrogen-bond acceptors (Lipinski definition) is 3. The highest BCUT2D eigenvalue weighted by molar-refractivity contribution is 5.76. The van der Waals surface area contributed by atoms with Gasteiger partial charge in [-0.15, -0.1) is 0 Å². The van der Waals surface area contributed by atoms with E-state index in [1.807, 2.05) is 6.07 Å². The molecule has 4 nitrogen and oxygen atoms in total. The van der Waals surface area contributed by atoms with Gasteiger partial charge in [-0.05, 0) is 30.9 Å². The maximum atomic E-state index is 12.5. The van der Waals surface area contributed by atoms with Crippen molar-refractivity contribution in [1.82, 2.24) is 14.7 Å². The molecule has 142 valence electrons. The summed E-state index contributed by atoms with van der Waals surface area (Å²) in [6, 6.07) is 10.4. The number of nitrogens with zero attached hydrogens (tertiary/aromatic N) is 3. The smallest absolute Gasteiger partial charge is 0.223 e. The van der Waals surface area contributed by atoms with Gasteiger partial charge in [0.2, 0.25) is 5.91 Å². The normalized spacial score (nSPS) is 22.8. The quantitative estimate of drug-likeness (QED) is 0.785. The van der Waals surface area contributed by atoms with Gasteiger partial charge in [0.25, 0.3) is 0 Å². The average molecular weight is 356 g/mol. The zero-order valence-electron chi connectivity index (χ0n) is 16.1. The molecule has 0 N–H and O–H groups in total. The summed E-state index contributed by atoms with van der Waals surface area (Å²) in [5.74, 6) is 1.12. The number of piperazine rings is 1. The third-order valence-electron chi connectivity index (χ3n) is 5.58. The van der Waals surface area contributed by atoms with E-state index in [0.717, 1.165) is 51.7 Å². The van der Waals surface area contributed by atoms with Crippen LogP contribution in [0.25, 0.3) is 6.08 Å². The van der Waals surface area contributed by atoms with Gasteiger partial charge in [-0.25, -0.2) is 0 Å². The van der Waals surface area contributed by atoms with Crippen LogP contribution in [0.15, 0.2) is 36.4 Å². The highest BCUT2D eigenvalue weighted by Crippen LogP contribution is 2.16. The first kappa shape index (κ1) is 19.1. The molecule has 1 aromatic carbocycles. The van der Waals surface area contributed by atoms with Crippen molar-refractivity contribution in [2.45, 2.75) is 26.2 Å². The van der Waals surface area contributed by atoms with Crippen LogP contribution in [0.5, 0.6) is 0 Å². The minimum Gasteiger partial charge on any atom is -0.340 e. The van der Waals surface area contributed by atoms with Gasteiger partial charge >= 0.3 is 0 Å². The second-order valence-corrected chi connectivity index (χ2v) is 7.79. The van der Waals surface area contributed by atoms with E-state index in [-0.39, 0.29) is 0 Å². The third kappa shape index (κ3) is 5.96. The van der Waals surface area contributed by atoms with Crippen LogP contribution in [-0.4, -0.2) is 73.0 Å². The van der Waals surface area contributed by atoms with E-state index in [1.54, 1.807) is 0 Å². The summed E-state index contributed by atoms with van der Waals surface area (Å²) in [4.78, 5) is 19.5.